The van der Waals surface area contributed by atoms with Crippen molar-refractivity contribution in [3.63, 3.8) is 0 Å². The second-order valence-corrected chi connectivity index (χ2v) is 15.0. The van der Waals surface area contributed by atoms with Crippen LogP contribution in [0.4, 0.5) is 0 Å². The van der Waals surface area contributed by atoms with Gasteiger partial charge in [-0.05, 0) is 63.9 Å². The van der Waals surface area contributed by atoms with Crippen molar-refractivity contribution in [1.82, 2.24) is 9.80 Å². The maximum absolute atomic E-state index is 13.7. The molecule has 0 amide bonds. The molecule has 270 valence electrons. The molecule has 0 radical (unpaired) electrons. The Labute approximate surface area is 299 Å². The van der Waals surface area contributed by atoms with E-state index in [1.165, 1.54) is 12.1 Å². The predicted octanol–water partition coefficient (Wildman–Crippen LogP) is 5.07. The standard InChI is InChI=1S/C38H43N3O9S/c1-8-13-46-35-23(4)36-38(49-20-48-36)32-26(35)16-28-33-31-24(14-22(3)34(45-7)37(31)47-19-44-6)15-27(40(33)5)29(17-39)41(28)30(32)18-50-51(42,43)25-11-9-21(2)10-12-25/h8-12,14,27-30,33H,1,13,15-16,18-20H2,2-7H3/t27?,28?,29?,30-,33?/m0/s1. The number of methoxy groups -OCH3 is 2. The molecule has 3 aromatic carbocycles. The van der Waals surface area contributed by atoms with Crippen molar-refractivity contribution >= 4 is 10.1 Å². The fraction of sp³-hybridized carbons (Fsp3) is 0.447. The quantitative estimate of drug-likeness (QED) is 0.149. The monoisotopic (exact) mass is 717 g/mol. The fourth-order valence-electron chi connectivity index (χ4n) is 8.49. The van der Waals surface area contributed by atoms with Crippen molar-refractivity contribution in [2.45, 2.75) is 68.7 Å². The minimum Gasteiger partial charge on any atom is -0.493 e. The molecule has 0 spiro atoms. The molecule has 13 heteroatoms. The summed E-state index contributed by atoms with van der Waals surface area (Å²) in [5.41, 5.74) is 6.17. The molecule has 4 heterocycles. The van der Waals surface area contributed by atoms with Crippen LogP contribution in [0.3, 0.4) is 0 Å². The van der Waals surface area contributed by atoms with Gasteiger partial charge in [-0.25, -0.2) is 0 Å². The van der Waals surface area contributed by atoms with Crippen LogP contribution in [0.2, 0.25) is 0 Å². The van der Waals surface area contributed by atoms with E-state index in [0.717, 1.165) is 33.4 Å². The zero-order valence-electron chi connectivity index (χ0n) is 29.7. The Bertz CT molecular complexity index is 2010. The molecule has 0 N–H and O–H groups in total. The van der Waals surface area contributed by atoms with Crippen LogP contribution < -0.4 is 23.7 Å². The van der Waals surface area contributed by atoms with Gasteiger partial charge in [-0.1, -0.05) is 36.4 Å². The lowest BCUT2D eigenvalue weighted by Crippen LogP contribution is -2.68. The Morgan fingerprint density at radius 2 is 1.75 bits per heavy atom. The smallest absolute Gasteiger partial charge is 0.297 e. The molecular weight excluding hydrogens is 674 g/mol. The summed E-state index contributed by atoms with van der Waals surface area (Å²) in [6, 6.07) is 9.00. The first-order valence-corrected chi connectivity index (χ1v) is 18.3. The van der Waals surface area contributed by atoms with Gasteiger partial charge in [-0.2, -0.15) is 13.7 Å². The first-order valence-electron chi connectivity index (χ1n) is 16.9. The minimum atomic E-state index is -4.18. The summed E-state index contributed by atoms with van der Waals surface area (Å²) < 4.78 is 69.5. The average molecular weight is 718 g/mol. The highest BCUT2D eigenvalue weighted by atomic mass is 32.2. The molecule has 5 atom stereocenters. The van der Waals surface area contributed by atoms with E-state index in [4.69, 9.17) is 32.6 Å². The SMILES string of the molecule is C=CCOc1c(C)c2c(c3c1CC1C4c5c(cc(C)c(OC)c5OCOC)CC(C(C#N)N1[C@H]3COS(=O)(=O)c1ccc(C)cc1)N4C)OCO2. The number of rotatable bonds is 11. The second kappa shape index (κ2) is 13.7. The summed E-state index contributed by atoms with van der Waals surface area (Å²) in [6.45, 7) is 9.62. The molecule has 4 unspecified atom stereocenters. The highest BCUT2D eigenvalue weighted by Gasteiger charge is 2.57. The average Bonchev–Trinajstić information content (AvgIpc) is 3.60. The van der Waals surface area contributed by atoms with E-state index in [1.807, 2.05) is 27.8 Å². The normalized spacial score (nSPS) is 23.4. The van der Waals surface area contributed by atoms with Crippen LogP contribution in [0.25, 0.3) is 0 Å². The molecule has 2 bridgehead atoms. The van der Waals surface area contributed by atoms with Gasteiger partial charge in [-0.3, -0.25) is 14.0 Å². The summed E-state index contributed by atoms with van der Waals surface area (Å²) in [5.74, 6) is 2.86. The molecule has 12 nitrogen and oxygen atoms in total. The number of piperazine rings is 1. The van der Waals surface area contributed by atoms with Crippen LogP contribution in [0.1, 0.15) is 51.0 Å². The third-order valence-corrected chi connectivity index (χ3v) is 11.9. The summed E-state index contributed by atoms with van der Waals surface area (Å²) >= 11 is 0. The molecule has 51 heavy (non-hydrogen) atoms. The molecule has 4 aliphatic heterocycles. The number of hydrogen-bond donors (Lipinski definition) is 0. The number of ether oxygens (including phenoxy) is 6. The van der Waals surface area contributed by atoms with Crippen LogP contribution in [-0.2, 0) is 31.9 Å². The van der Waals surface area contributed by atoms with E-state index < -0.39 is 22.2 Å². The number of nitrogens with zero attached hydrogens (tertiary/aromatic N) is 3. The van der Waals surface area contributed by atoms with Crippen LogP contribution in [-0.4, -0.2) is 84.4 Å². The molecule has 7 rings (SSSR count). The van der Waals surface area contributed by atoms with E-state index >= 15 is 0 Å². The van der Waals surface area contributed by atoms with Crippen molar-refractivity contribution in [2.24, 2.45) is 0 Å². The Hall–Kier alpha value is -4.32. The molecule has 1 saturated heterocycles. The summed E-state index contributed by atoms with van der Waals surface area (Å²) in [4.78, 5) is 4.43. The van der Waals surface area contributed by atoms with Crippen LogP contribution in [0.5, 0.6) is 28.7 Å². The predicted molar refractivity (Wildman–Crippen MR) is 187 cm³/mol. The Morgan fingerprint density at radius 3 is 2.43 bits per heavy atom. The maximum Gasteiger partial charge on any atom is 0.297 e. The minimum absolute atomic E-state index is 0.00538. The lowest BCUT2D eigenvalue weighted by molar-refractivity contribution is -0.0809. The summed E-state index contributed by atoms with van der Waals surface area (Å²) in [6.07, 6.45) is 2.68. The molecule has 1 fully saturated rings. The van der Waals surface area contributed by atoms with Crippen molar-refractivity contribution in [3.8, 4) is 34.8 Å². The van der Waals surface area contributed by atoms with E-state index in [9.17, 15) is 13.7 Å². The van der Waals surface area contributed by atoms with Gasteiger partial charge in [0.15, 0.2) is 29.8 Å². The Balaban J connectivity index is 1.45. The van der Waals surface area contributed by atoms with Crippen LogP contribution >= 0.6 is 0 Å². The van der Waals surface area contributed by atoms with Gasteiger partial charge in [0, 0.05) is 41.4 Å². The van der Waals surface area contributed by atoms with Crippen molar-refractivity contribution in [3.05, 3.63) is 81.9 Å². The second-order valence-electron chi connectivity index (χ2n) is 13.4. The molecule has 0 aliphatic carbocycles. The van der Waals surface area contributed by atoms with Gasteiger partial charge >= 0.3 is 0 Å². The topological polar surface area (TPSA) is 129 Å². The molecule has 3 aromatic rings. The number of likely N-dealkylation sites (N-methyl/N-ethyl adjacent to an activating group) is 1. The number of nitriles is 1. The van der Waals surface area contributed by atoms with Crippen molar-refractivity contribution in [1.29, 1.82) is 5.26 Å². The van der Waals surface area contributed by atoms with Crippen LogP contribution in [0, 0.1) is 32.1 Å². The Morgan fingerprint density at radius 1 is 1.00 bits per heavy atom. The highest BCUT2D eigenvalue weighted by molar-refractivity contribution is 7.86. The number of benzene rings is 3. The number of hydrogen-bond acceptors (Lipinski definition) is 12. The summed E-state index contributed by atoms with van der Waals surface area (Å²) in [7, 11) is 1.05. The molecular formula is C38H43N3O9S. The van der Waals surface area contributed by atoms with Crippen molar-refractivity contribution < 1.29 is 41.0 Å². The fourth-order valence-corrected chi connectivity index (χ4v) is 9.41. The van der Waals surface area contributed by atoms with E-state index in [2.05, 4.69) is 28.5 Å². The lowest BCUT2D eigenvalue weighted by atomic mass is 9.71. The molecule has 4 aliphatic rings. The summed E-state index contributed by atoms with van der Waals surface area (Å²) in [5, 5.41) is 11.0. The first kappa shape index (κ1) is 35.1. The van der Waals surface area contributed by atoms with E-state index in [1.54, 1.807) is 32.4 Å². The lowest BCUT2D eigenvalue weighted by Gasteiger charge is -2.60. The van der Waals surface area contributed by atoms with E-state index in [-0.39, 0.29) is 49.8 Å². The maximum atomic E-state index is 13.7. The zero-order valence-corrected chi connectivity index (χ0v) is 30.5. The third-order valence-electron chi connectivity index (χ3n) is 10.6. The zero-order chi connectivity index (χ0) is 36.2. The van der Waals surface area contributed by atoms with Gasteiger partial charge in [-0.15, -0.1) is 0 Å². The van der Waals surface area contributed by atoms with Crippen LogP contribution in [0.15, 0.2) is 47.9 Å². The van der Waals surface area contributed by atoms with Gasteiger partial charge in [0.2, 0.25) is 6.79 Å². The van der Waals surface area contributed by atoms with Gasteiger partial charge in [0.1, 0.15) is 18.4 Å². The molecule has 0 saturated carbocycles. The first-order chi connectivity index (χ1) is 24.6. The van der Waals surface area contributed by atoms with E-state index in [0.29, 0.717) is 47.2 Å². The number of fused-ring (bicyclic) bond motifs is 9. The Kier molecular flexibility index (Phi) is 9.41. The molecule has 0 aromatic heterocycles. The third kappa shape index (κ3) is 5.70. The van der Waals surface area contributed by atoms with Gasteiger partial charge in [0.25, 0.3) is 10.1 Å². The highest BCUT2D eigenvalue weighted by Crippen LogP contribution is 2.58. The number of aryl methyl sites for hydroxylation is 2. The van der Waals surface area contributed by atoms with Gasteiger partial charge in [0.05, 0.1) is 36.8 Å². The van der Waals surface area contributed by atoms with Crippen molar-refractivity contribution in [2.75, 3.05) is 48.1 Å². The largest absolute Gasteiger partial charge is 0.493 e. The van der Waals surface area contributed by atoms with Gasteiger partial charge < -0.3 is 28.4 Å².